The first-order valence-electron chi connectivity index (χ1n) is 6.10. The minimum absolute atomic E-state index is 0.0692. The largest absolute Gasteiger partial charge is 0.368 e. The third kappa shape index (κ3) is 1.92. The second-order valence-electron chi connectivity index (χ2n) is 4.56. The van der Waals surface area contributed by atoms with Crippen molar-refractivity contribution in [2.75, 3.05) is 18.1 Å². The number of H-pyrrole nitrogens is 1. The van der Waals surface area contributed by atoms with Crippen molar-refractivity contribution >= 4 is 34.7 Å². The van der Waals surface area contributed by atoms with Gasteiger partial charge in [-0.05, 0) is 6.42 Å². The molecule has 3 rings (SSSR count). The molecule has 2 aromatic rings. The summed E-state index contributed by atoms with van der Waals surface area (Å²) in [6.07, 6.45) is 2.20. The summed E-state index contributed by atoms with van der Waals surface area (Å²) in [5, 5.41) is 3.01. The number of hydrogen-bond acceptors (Lipinski definition) is 7. The van der Waals surface area contributed by atoms with E-state index >= 15 is 0 Å². The van der Waals surface area contributed by atoms with E-state index in [9.17, 15) is 9.59 Å². The molecular weight excluding hydrogens is 262 g/mol. The molecule has 1 fully saturated rings. The highest BCUT2D eigenvalue weighted by Crippen LogP contribution is 2.21. The van der Waals surface area contributed by atoms with Gasteiger partial charge in [0.25, 0.3) is 5.91 Å². The predicted octanol–water partition coefficient (Wildman–Crippen LogP) is -0.506. The van der Waals surface area contributed by atoms with Gasteiger partial charge >= 0.3 is 0 Å². The quantitative estimate of drug-likeness (QED) is 0.629. The van der Waals surface area contributed by atoms with Crippen molar-refractivity contribution in [3.63, 3.8) is 0 Å². The van der Waals surface area contributed by atoms with E-state index in [1.165, 1.54) is 13.4 Å². The Kier molecular flexibility index (Phi) is 2.74. The number of carbonyl (C=O) groups excluding carboxylic acids is 2. The highest BCUT2D eigenvalue weighted by atomic mass is 16.2. The fraction of sp³-hybridized carbons (Fsp3) is 0.364. The minimum Gasteiger partial charge on any atom is -0.368 e. The van der Waals surface area contributed by atoms with Crippen LogP contribution >= 0.6 is 0 Å². The number of likely N-dealkylation sites (N-methyl/N-ethyl adjacent to an activating group) is 1. The van der Waals surface area contributed by atoms with Crippen LogP contribution in [0.2, 0.25) is 0 Å². The van der Waals surface area contributed by atoms with Crippen LogP contribution in [0.25, 0.3) is 11.2 Å². The summed E-state index contributed by atoms with van der Waals surface area (Å²) < 4.78 is 0. The predicted molar refractivity (Wildman–Crippen MR) is 70.5 cm³/mol. The number of hydrogen-bond donors (Lipinski definition) is 3. The van der Waals surface area contributed by atoms with Crippen LogP contribution < -0.4 is 11.1 Å². The SMILES string of the molecule is CN1C(=O)CCC(Nc2nc(N)nc3nc[nH]c23)C1=O. The first-order chi connectivity index (χ1) is 9.56. The number of imide groups is 1. The van der Waals surface area contributed by atoms with Gasteiger partial charge in [-0.25, -0.2) is 4.98 Å². The van der Waals surface area contributed by atoms with Crippen molar-refractivity contribution in [1.29, 1.82) is 0 Å². The van der Waals surface area contributed by atoms with Crippen molar-refractivity contribution < 1.29 is 9.59 Å². The summed E-state index contributed by atoms with van der Waals surface area (Å²) in [5.41, 5.74) is 6.61. The molecule has 104 valence electrons. The minimum atomic E-state index is -0.515. The smallest absolute Gasteiger partial charge is 0.251 e. The van der Waals surface area contributed by atoms with Gasteiger partial charge in [0.2, 0.25) is 11.9 Å². The van der Waals surface area contributed by atoms with Crippen LogP contribution in [0.1, 0.15) is 12.8 Å². The average molecular weight is 275 g/mol. The van der Waals surface area contributed by atoms with Gasteiger partial charge < -0.3 is 16.0 Å². The molecule has 1 saturated heterocycles. The topological polar surface area (TPSA) is 130 Å². The zero-order valence-corrected chi connectivity index (χ0v) is 10.8. The van der Waals surface area contributed by atoms with Gasteiger partial charge in [-0.2, -0.15) is 9.97 Å². The lowest BCUT2D eigenvalue weighted by Gasteiger charge is -2.28. The number of aromatic amines is 1. The summed E-state index contributed by atoms with van der Waals surface area (Å²) >= 11 is 0. The lowest BCUT2D eigenvalue weighted by atomic mass is 10.0. The first kappa shape index (κ1) is 12.3. The molecule has 9 nitrogen and oxygen atoms in total. The molecule has 2 amide bonds. The van der Waals surface area contributed by atoms with E-state index in [0.29, 0.717) is 29.8 Å². The molecule has 3 heterocycles. The maximum absolute atomic E-state index is 12.0. The number of imidazole rings is 1. The zero-order chi connectivity index (χ0) is 14.3. The molecule has 0 spiro atoms. The van der Waals surface area contributed by atoms with Crippen LogP contribution in [0, 0.1) is 0 Å². The number of aromatic nitrogens is 4. The lowest BCUT2D eigenvalue weighted by molar-refractivity contribution is -0.146. The van der Waals surface area contributed by atoms with Crippen LogP contribution in [0.15, 0.2) is 6.33 Å². The highest BCUT2D eigenvalue weighted by Gasteiger charge is 2.32. The molecule has 20 heavy (non-hydrogen) atoms. The van der Waals surface area contributed by atoms with Gasteiger partial charge in [0.1, 0.15) is 11.6 Å². The summed E-state index contributed by atoms with van der Waals surface area (Å²) in [6.45, 7) is 0. The molecule has 9 heteroatoms. The van der Waals surface area contributed by atoms with Crippen LogP contribution in [0.5, 0.6) is 0 Å². The molecule has 0 aliphatic carbocycles. The number of nitrogen functional groups attached to an aromatic ring is 1. The highest BCUT2D eigenvalue weighted by molar-refractivity contribution is 6.01. The van der Waals surface area contributed by atoms with E-state index in [-0.39, 0.29) is 17.8 Å². The second-order valence-corrected chi connectivity index (χ2v) is 4.56. The normalized spacial score (nSPS) is 19.6. The van der Waals surface area contributed by atoms with Gasteiger partial charge in [-0.1, -0.05) is 0 Å². The summed E-state index contributed by atoms with van der Waals surface area (Å²) in [5.74, 6) is 0.0129. The number of fused-ring (bicyclic) bond motifs is 1. The number of piperidine rings is 1. The molecule has 1 aliphatic heterocycles. The van der Waals surface area contributed by atoms with Crippen molar-refractivity contribution in [1.82, 2.24) is 24.8 Å². The van der Waals surface area contributed by atoms with Gasteiger partial charge in [-0.15, -0.1) is 0 Å². The van der Waals surface area contributed by atoms with Crippen molar-refractivity contribution in [3.8, 4) is 0 Å². The molecule has 1 atom stereocenters. The van der Waals surface area contributed by atoms with E-state index in [0.717, 1.165) is 4.90 Å². The van der Waals surface area contributed by atoms with E-state index in [1.807, 2.05) is 0 Å². The van der Waals surface area contributed by atoms with Crippen LogP contribution in [0.3, 0.4) is 0 Å². The molecule has 1 aliphatic rings. The van der Waals surface area contributed by atoms with E-state index < -0.39 is 6.04 Å². The Balaban J connectivity index is 1.91. The fourth-order valence-electron chi connectivity index (χ4n) is 2.17. The Labute approximate surface area is 113 Å². The number of carbonyl (C=O) groups is 2. The van der Waals surface area contributed by atoms with E-state index in [1.54, 1.807) is 0 Å². The monoisotopic (exact) mass is 275 g/mol. The number of anilines is 2. The Hall–Kier alpha value is -2.71. The summed E-state index contributed by atoms with van der Waals surface area (Å²) in [6, 6.07) is -0.515. The van der Waals surface area contributed by atoms with Crippen molar-refractivity contribution in [2.45, 2.75) is 18.9 Å². The van der Waals surface area contributed by atoms with Crippen LogP contribution in [-0.2, 0) is 9.59 Å². The molecule has 2 aromatic heterocycles. The number of rotatable bonds is 2. The average Bonchev–Trinajstić information content (AvgIpc) is 2.87. The van der Waals surface area contributed by atoms with Gasteiger partial charge in [0, 0.05) is 13.5 Å². The van der Waals surface area contributed by atoms with Gasteiger partial charge in [-0.3, -0.25) is 14.5 Å². The summed E-state index contributed by atoms with van der Waals surface area (Å²) in [4.78, 5) is 39.5. The third-order valence-corrected chi connectivity index (χ3v) is 3.26. The maximum Gasteiger partial charge on any atom is 0.251 e. The molecular formula is C11H13N7O2. The van der Waals surface area contributed by atoms with Crippen LogP contribution in [0.4, 0.5) is 11.8 Å². The van der Waals surface area contributed by atoms with E-state index in [2.05, 4.69) is 25.3 Å². The molecule has 0 aromatic carbocycles. The van der Waals surface area contributed by atoms with Crippen molar-refractivity contribution in [3.05, 3.63) is 6.33 Å². The maximum atomic E-state index is 12.0. The van der Waals surface area contributed by atoms with Crippen LogP contribution in [-0.4, -0.2) is 49.7 Å². The standard InChI is InChI=1S/C11H13N7O2/c1-18-6(19)3-2-5(10(18)20)15-9-7-8(14-4-13-7)16-11(12)17-9/h4-5H,2-3H2,1H3,(H4,12,13,14,15,16,17). The van der Waals surface area contributed by atoms with E-state index in [4.69, 9.17) is 5.73 Å². The second kappa shape index (κ2) is 4.44. The van der Waals surface area contributed by atoms with Crippen molar-refractivity contribution in [2.24, 2.45) is 0 Å². The summed E-state index contributed by atoms with van der Waals surface area (Å²) in [7, 11) is 1.47. The fourth-order valence-corrected chi connectivity index (χ4v) is 2.17. The third-order valence-electron chi connectivity index (χ3n) is 3.26. The first-order valence-corrected chi connectivity index (χ1v) is 6.10. The Morgan fingerprint density at radius 2 is 2.25 bits per heavy atom. The molecule has 4 N–H and O–H groups in total. The number of nitrogens with one attached hydrogen (secondary N) is 2. The Morgan fingerprint density at radius 3 is 3.05 bits per heavy atom. The number of nitrogens with zero attached hydrogens (tertiary/aromatic N) is 4. The zero-order valence-electron chi connectivity index (χ0n) is 10.8. The van der Waals surface area contributed by atoms with Gasteiger partial charge in [0.15, 0.2) is 11.5 Å². The van der Waals surface area contributed by atoms with Gasteiger partial charge in [0.05, 0.1) is 6.33 Å². The Bertz CT molecular complexity index is 695. The molecule has 0 radical (unpaired) electrons. The molecule has 0 saturated carbocycles. The molecule has 0 bridgehead atoms. The lowest BCUT2D eigenvalue weighted by Crippen LogP contribution is -2.48. The Morgan fingerprint density at radius 1 is 1.45 bits per heavy atom. The number of nitrogens with two attached hydrogens (primary N) is 1. The number of likely N-dealkylation sites (tertiary alicyclic amines) is 1. The number of amides is 2. The molecule has 1 unspecified atom stereocenters.